The summed E-state index contributed by atoms with van der Waals surface area (Å²) in [5, 5.41) is 11.5. The van der Waals surface area contributed by atoms with E-state index < -0.39 is 0 Å². The molecule has 0 aliphatic carbocycles. The van der Waals surface area contributed by atoms with Gasteiger partial charge in [-0.2, -0.15) is 0 Å². The number of fused-ring (bicyclic) bond motifs is 1. The number of aryl methyl sites for hydroxylation is 1. The number of carbonyl (C=O) groups excluding carboxylic acids is 1. The third-order valence-electron chi connectivity index (χ3n) is 4.52. The van der Waals surface area contributed by atoms with Crippen molar-refractivity contribution >= 4 is 11.6 Å². The molecule has 1 N–H and O–H groups in total. The lowest BCUT2D eigenvalue weighted by Crippen LogP contribution is -2.14. The summed E-state index contributed by atoms with van der Waals surface area (Å²) in [5.74, 6) is 1.33. The first-order chi connectivity index (χ1) is 12.7. The number of hydrogen-bond acceptors (Lipinski definition) is 3. The lowest BCUT2D eigenvalue weighted by atomic mass is 10.1. The number of anilines is 1. The topological polar surface area (TPSA) is 59.8 Å². The van der Waals surface area contributed by atoms with Crippen LogP contribution in [-0.4, -0.2) is 20.7 Å². The average molecular weight is 350 g/mol. The molecular weight excluding hydrogens is 331 g/mol. The van der Waals surface area contributed by atoms with E-state index in [-0.39, 0.29) is 18.1 Å². The highest BCUT2D eigenvalue weighted by molar-refractivity contribution is 5.92. The number of halogens is 1. The maximum absolute atomic E-state index is 13.2. The minimum absolute atomic E-state index is 0.127. The molecule has 1 aliphatic rings. The molecular formula is C20H19FN4O. The zero-order valence-corrected chi connectivity index (χ0v) is 14.3. The summed E-state index contributed by atoms with van der Waals surface area (Å²) >= 11 is 0. The predicted octanol–water partition coefficient (Wildman–Crippen LogP) is 3.60. The van der Waals surface area contributed by atoms with E-state index in [2.05, 4.69) is 20.1 Å². The zero-order chi connectivity index (χ0) is 17.9. The van der Waals surface area contributed by atoms with Gasteiger partial charge in [0.2, 0.25) is 5.91 Å². The molecule has 0 saturated carbocycles. The van der Waals surface area contributed by atoms with Crippen molar-refractivity contribution in [3.63, 3.8) is 0 Å². The van der Waals surface area contributed by atoms with Gasteiger partial charge in [-0.25, -0.2) is 4.39 Å². The Kier molecular flexibility index (Phi) is 4.48. The summed E-state index contributed by atoms with van der Waals surface area (Å²) in [7, 11) is 0. The van der Waals surface area contributed by atoms with E-state index in [1.165, 1.54) is 12.1 Å². The Morgan fingerprint density at radius 2 is 2.00 bits per heavy atom. The third kappa shape index (κ3) is 3.49. The van der Waals surface area contributed by atoms with E-state index >= 15 is 0 Å². The van der Waals surface area contributed by atoms with Crippen LogP contribution in [0.5, 0.6) is 0 Å². The first-order valence-corrected chi connectivity index (χ1v) is 8.76. The van der Waals surface area contributed by atoms with E-state index in [0.29, 0.717) is 11.3 Å². The Balaban J connectivity index is 1.51. The van der Waals surface area contributed by atoms with Gasteiger partial charge in [0.1, 0.15) is 11.6 Å². The SMILES string of the molecule is O=C(Cc1cccc(F)c1)Nc1cccc(-c2nnc3n2CCCC3)c1. The maximum atomic E-state index is 13.2. The highest BCUT2D eigenvalue weighted by atomic mass is 19.1. The molecule has 5 nitrogen and oxygen atoms in total. The number of rotatable bonds is 4. The van der Waals surface area contributed by atoms with Crippen LogP contribution in [-0.2, 0) is 24.2 Å². The maximum Gasteiger partial charge on any atom is 0.228 e. The van der Waals surface area contributed by atoms with Crippen molar-refractivity contribution in [1.29, 1.82) is 0 Å². The van der Waals surface area contributed by atoms with E-state index in [1.54, 1.807) is 12.1 Å². The van der Waals surface area contributed by atoms with Crippen LogP contribution in [0, 0.1) is 5.82 Å². The fraction of sp³-hybridized carbons (Fsp3) is 0.250. The molecule has 1 aliphatic heterocycles. The molecule has 0 bridgehead atoms. The van der Waals surface area contributed by atoms with Crippen molar-refractivity contribution in [3.05, 3.63) is 65.7 Å². The molecule has 0 fully saturated rings. The molecule has 0 unspecified atom stereocenters. The van der Waals surface area contributed by atoms with Crippen molar-refractivity contribution < 1.29 is 9.18 Å². The number of aromatic nitrogens is 3. The first kappa shape index (κ1) is 16.4. The number of nitrogens with one attached hydrogen (secondary N) is 1. The van der Waals surface area contributed by atoms with Crippen molar-refractivity contribution in [3.8, 4) is 11.4 Å². The van der Waals surface area contributed by atoms with E-state index in [1.807, 2.05) is 24.3 Å². The van der Waals surface area contributed by atoms with E-state index in [0.717, 1.165) is 43.0 Å². The van der Waals surface area contributed by atoms with Crippen LogP contribution in [0.15, 0.2) is 48.5 Å². The Labute approximate surface area is 150 Å². The van der Waals surface area contributed by atoms with Crippen LogP contribution >= 0.6 is 0 Å². The fourth-order valence-electron chi connectivity index (χ4n) is 3.30. The highest BCUT2D eigenvalue weighted by Crippen LogP contribution is 2.25. The van der Waals surface area contributed by atoms with Crippen LogP contribution in [0.4, 0.5) is 10.1 Å². The summed E-state index contributed by atoms with van der Waals surface area (Å²) < 4.78 is 15.4. The molecule has 0 saturated heterocycles. The minimum Gasteiger partial charge on any atom is -0.326 e. The molecule has 1 aromatic heterocycles. The predicted molar refractivity (Wildman–Crippen MR) is 97.1 cm³/mol. The van der Waals surface area contributed by atoms with Crippen molar-refractivity contribution in [2.45, 2.75) is 32.2 Å². The second kappa shape index (κ2) is 7.07. The molecule has 2 aromatic carbocycles. The first-order valence-electron chi connectivity index (χ1n) is 8.76. The molecule has 132 valence electrons. The molecule has 0 radical (unpaired) electrons. The number of amides is 1. The molecule has 4 rings (SSSR count). The minimum atomic E-state index is -0.339. The number of carbonyl (C=O) groups is 1. The molecule has 0 spiro atoms. The lowest BCUT2D eigenvalue weighted by Gasteiger charge is -2.15. The highest BCUT2D eigenvalue weighted by Gasteiger charge is 2.17. The van der Waals surface area contributed by atoms with Crippen molar-refractivity contribution in [2.24, 2.45) is 0 Å². The van der Waals surface area contributed by atoms with E-state index in [4.69, 9.17) is 0 Å². The standard InChI is InChI=1S/C20H19FN4O/c21-16-7-3-5-14(11-16)12-19(26)22-17-8-4-6-15(13-17)20-24-23-18-9-1-2-10-25(18)20/h3-8,11,13H,1-2,9-10,12H2,(H,22,26). The Hall–Kier alpha value is -3.02. The van der Waals surface area contributed by atoms with Gasteiger partial charge in [0, 0.05) is 24.2 Å². The van der Waals surface area contributed by atoms with Gasteiger partial charge >= 0.3 is 0 Å². The largest absolute Gasteiger partial charge is 0.326 e. The average Bonchev–Trinajstić information content (AvgIpc) is 3.06. The number of hydrogen-bond donors (Lipinski definition) is 1. The second-order valence-corrected chi connectivity index (χ2v) is 6.48. The van der Waals surface area contributed by atoms with Crippen LogP contribution in [0.3, 0.4) is 0 Å². The molecule has 26 heavy (non-hydrogen) atoms. The second-order valence-electron chi connectivity index (χ2n) is 6.48. The zero-order valence-electron chi connectivity index (χ0n) is 14.3. The van der Waals surface area contributed by atoms with Crippen LogP contribution in [0.25, 0.3) is 11.4 Å². The van der Waals surface area contributed by atoms with Gasteiger partial charge in [-0.15, -0.1) is 10.2 Å². The van der Waals surface area contributed by atoms with Crippen LogP contribution in [0.1, 0.15) is 24.2 Å². The number of nitrogens with zero attached hydrogens (tertiary/aromatic N) is 3. The Morgan fingerprint density at radius 3 is 2.88 bits per heavy atom. The van der Waals surface area contributed by atoms with Crippen LogP contribution in [0.2, 0.25) is 0 Å². The van der Waals surface area contributed by atoms with Crippen molar-refractivity contribution in [2.75, 3.05) is 5.32 Å². The summed E-state index contributed by atoms with van der Waals surface area (Å²) in [6, 6.07) is 13.7. The third-order valence-corrected chi connectivity index (χ3v) is 4.52. The van der Waals surface area contributed by atoms with Crippen molar-refractivity contribution in [1.82, 2.24) is 14.8 Å². The van der Waals surface area contributed by atoms with Gasteiger partial charge in [-0.05, 0) is 42.7 Å². The van der Waals surface area contributed by atoms with Gasteiger partial charge in [0.05, 0.1) is 6.42 Å². The van der Waals surface area contributed by atoms with Gasteiger partial charge in [-0.1, -0.05) is 24.3 Å². The Bertz CT molecular complexity index is 950. The summed E-state index contributed by atoms with van der Waals surface area (Å²) in [6.45, 7) is 0.924. The molecule has 0 atom stereocenters. The monoisotopic (exact) mass is 350 g/mol. The van der Waals surface area contributed by atoms with Gasteiger partial charge in [-0.3, -0.25) is 4.79 Å². The van der Waals surface area contributed by atoms with E-state index in [9.17, 15) is 9.18 Å². The lowest BCUT2D eigenvalue weighted by molar-refractivity contribution is -0.115. The summed E-state index contributed by atoms with van der Waals surface area (Å²) in [4.78, 5) is 12.3. The summed E-state index contributed by atoms with van der Waals surface area (Å²) in [6.07, 6.45) is 3.36. The fourth-order valence-corrected chi connectivity index (χ4v) is 3.30. The normalized spacial score (nSPS) is 13.3. The Morgan fingerprint density at radius 1 is 1.12 bits per heavy atom. The number of benzene rings is 2. The molecule has 1 amide bonds. The smallest absolute Gasteiger partial charge is 0.228 e. The molecule has 3 aromatic rings. The molecule has 2 heterocycles. The van der Waals surface area contributed by atoms with Gasteiger partial charge in [0.25, 0.3) is 0 Å². The van der Waals surface area contributed by atoms with Crippen LogP contribution < -0.4 is 5.32 Å². The van der Waals surface area contributed by atoms with Gasteiger partial charge in [0.15, 0.2) is 5.82 Å². The summed E-state index contributed by atoms with van der Waals surface area (Å²) in [5.41, 5.74) is 2.26. The van der Waals surface area contributed by atoms with Gasteiger partial charge < -0.3 is 9.88 Å². The molecule has 6 heteroatoms. The quantitative estimate of drug-likeness (QED) is 0.782.